The third-order valence-electron chi connectivity index (χ3n) is 4.45. The number of rotatable bonds is 13. The highest BCUT2D eigenvalue weighted by Gasteiger charge is 2.35. The van der Waals surface area contributed by atoms with Crippen LogP contribution in [0.4, 0.5) is 31.1 Å². The van der Waals surface area contributed by atoms with Crippen LogP contribution in [-0.2, 0) is 14.3 Å². The van der Waals surface area contributed by atoms with E-state index in [1.54, 1.807) is 20.8 Å². The Labute approximate surface area is 235 Å². The minimum atomic E-state index is -4.48. The third-order valence-corrected chi connectivity index (χ3v) is 4.45. The number of aliphatic hydroxyl groups is 2. The lowest BCUT2D eigenvalue weighted by molar-refractivity contribution is -0.436. The molecule has 10 nitrogen and oxygen atoms in total. The monoisotopic (exact) mass is 616 g/mol. The molecule has 0 aliphatic heterocycles. The number of amides is 3. The van der Waals surface area contributed by atoms with E-state index >= 15 is 0 Å². The van der Waals surface area contributed by atoms with Gasteiger partial charge in [-0.25, -0.2) is 4.79 Å². The zero-order chi connectivity index (χ0) is 31.0. The fourth-order valence-electron chi connectivity index (χ4n) is 2.55. The van der Waals surface area contributed by atoms with Crippen molar-refractivity contribution in [2.75, 3.05) is 13.1 Å². The van der Waals surface area contributed by atoms with Gasteiger partial charge in [-0.2, -0.15) is 26.3 Å². The van der Waals surface area contributed by atoms with Crippen LogP contribution < -0.4 is 34.1 Å². The van der Waals surface area contributed by atoms with Crippen molar-refractivity contribution in [3.05, 3.63) is 25.3 Å². The second kappa shape index (κ2) is 19.5. The molecule has 17 heteroatoms. The first-order valence-electron chi connectivity index (χ1n) is 11.7. The number of ether oxygens (including phenoxy) is 1. The van der Waals surface area contributed by atoms with Gasteiger partial charge in [-0.05, 0) is 27.2 Å². The molecule has 4 unspecified atom stereocenters. The van der Waals surface area contributed by atoms with Gasteiger partial charge >= 0.3 is 18.4 Å². The second-order valence-corrected chi connectivity index (χ2v) is 9.28. The number of aliphatic hydroxyl groups excluding tert-OH is 2. The van der Waals surface area contributed by atoms with Crippen molar-refractivity contribution in [2.45, 2.75) is 88.7 Å². The molecule has 0 saturated heterocycles. The van der Waals surface area contributed by atoms with Crippen molar-refractivity contribution in [2.24, 2.45) is 0 Å². The van der Waals surface area contributed by atoms with E-state index < -0.39 is 79.4 Å². The number of halogens is 7. The molecule has 0 aromatic rings. The number of carbonyl (C=O) groups is 3. The molecule has 0 radical (unpaired) electrons. The van der Waals surface area contributed by atoms with Crippen LogP contribution in [0.15, 0.2) is 25.3 Å². The summed E-state index contributed by atoms with van der Waals surface area (Å²) < 4.78 is 77.6. The van der Waals surface area contributed by atoms with E-state index in [-0.39, 0.29) is 31.9 Å². The average molecular weight is 617 g/mol. The molecule has 40 heavy (non-hydrogen) atoms. The summed E-state index contributed by atoms with van der Waals surface area (Å²) in [5, 5.41) is 25.8. The largest absolute Gasteiger partial charge is 1.00 e. The molecule has 0 aliphatic carbocycles. The zero-order valence-electron chi connectivity index (χ0n) is 22.5. The van der Waals surface area contributed by atoms with Crippen LogP contribution in [0.2, 0.25) is 0 Å². The molecule has 4 atom stereocenters. The lowest BCUT2D eigenvalue weighted by atomic mass is 10.0. The van der Waals surface area contributed by atoms with Gasteiger partial charge < -0.3 is 49.0 Å². The number of carbonyl (C=O) groups excluding carboxylic acids is 3. The Morgan fingerprint density at radius 1 is 0.850 bits per heavy atom. The highest BCUT2D eigenvalue weighted by atomic mass is 35.5. The van der Waals surface area contributed by atoms with Crippen LogP contribution >= 0.6 is 0 Å². The van der Waals surface area contributed by atoms with Gasteiger partial charge in [0.2, 0.25) is 0 Å². The average Bonchev–Trinajstić information content (AvgIpc) is 2.79. The Morgan fingerprint density at radius 3 is 1.62 bits per heavy atom. The molecule has 3 amide bonds. The summed E-state index contributed by atoms with van der Waals surface area (Å²) in [5.41, 5.74) is 2.47. The standard InChI is InChI=1S/C14H23F3N2O4.C9H15F3N2O2.ClH/c1-5-8-18-11(21)10(20)9(6-7-14(15,16)17)19-12(22)23-13(2,3)4;1-2-5-14-8(16)7(15)6(13)3-4-9(10,11)12;/h5,9-10,20H,1,6-8H2,2-4H3,(H,18,21)(H,19,22);2,6-7,15H,1,3-5,13H2,(H,14,16);1H. The Balaban J connectivity index is -0.000000710. The highest BCUT2D eigenvalue weighted by molar-refractivity contribution is 5.82. The summed E-state index contributed by atoms with van der Waals surface area (Å²) in [6.07, 6.45) is -13.8. The molecule has 0 fully saturated rings. The van der Waals surface area contributed by atoms with Gasteiger partial charge in [-0.1, -0.05) is 12.2 Å². The molecule has 0 saturated carbocycles. The van der Waals surface area contributed by atoms with Crippen LogP contribution in [0.3, 0.4) is 0 Å². The van der Waals surface area contributed by atoms with Crippen molar-refractivity contribution in [1.29, 1.82) is 0 Å². The predicted octanol–water partition coefficient (Wildman–Crippen LogP) is -1.51. The number of nitrogens with one attached hydrogen (secondary N) is 3. The Morgan fingerprint density at radius 2 is 1.25 bits per heavy atom. The SMILES string of the molecule is C=CCNC(=O)C(O)C(CCC(F)(F)F)NC(=O)OC(C)(C)C.C=CCNC(=O)C(O)C([NH3+])CCC(F)(F)F.[Cl-]. The third kappa shape index (κ3) is 23.3. The van der Waals surface area contributed by atoms with Gasteiger partial charge in [0.05, 0.1) is 6.04 Å². The molecule has 0 bridgehead atoms. The highest BCUT2D eigenvalue weighted by Crippen LogP contribution is 2.23. The first-order valence-corrected chi connectivity index (χ1v) is 11.7. The van der Waals surface area contributed by atoms with Crippen LogP contribution in [0.5, 0.6) is 0 Å². The van der Waals surface area contributed by atoms with Crippen LogP contribution in [0.25, 0.3) is 0 Å². The van der Waals surface area contributed by atoms with Crippen molar-refractivity contribution >= 4 is 17.9 Å². The summed E-state index contributed by atoms with van der Waals surface area (Å²) >= 11 is 0. The van der Waals surface area contributed by atoms with Gasteiger partial charge in [-0.15, -0.1) is 13.2 Å². The Bertz CT molecular complexity index is 793. The van der Waals surface area contributed by atoms with Gasteiger partial charge in [0.25, 0.3) is 11.8 Å². The summed E-state index contributed by atoms with van der Waals surface area (Å²) in [4.78, 5) is 34.5. The molecule has 0 aromatic carbocycles. The van der Waals surface area contributed by atoms with E-state index in [9.17, 15) is 50.9 Å². The maximum absolute atomic E-state index is 12.4. The summed E-state index contributed by atoms with van der Waals surface area (Å²) in [5.74, 6) is -1.64. The number of hydrogen-bond donors (Lipinski definition) is 6. The fourth-order valence-corrected chi connectivity index (χ4v) is 2.55. The van der Waals surface area contributed by atoms with Gasteiger partial charge in [0.15, 0.2) is 12.2 Å². The summed E-state index contributed by atoms with van der Waals surface area (Å²) in [6, 6.07) is -2.41. The molecule has 0 heterocycles. The molecule has 8 N–H and O–H groups in total. The van der Waals surface area contributed by atoms with Crippen LogP contribution in [-0.4, -0.2) is 83.5 Å². The number of alkyl carbamates (subject to hydrolysis) is 1. The predicted molar refractivity (Wildman–Crippen MR) is 129 cm³/mol. The molecule has 0 aromatic heterocycles. The lowest BCUT2D eigenvalue weighted by Gasteiger charge is -2.26. The lowest BCUT2D eigenvalue weighted by Crippen LogP contribution is -3.00. The van der Waals surface area contributed by atoms with E-state index in [1.807, 2.05) is 0 Å². The van der Waals surface area contributed by atoms with E-state index in [0.717, 1.165) is 0 Å². The van der Waals surface area contributed by atoms with Crippen molar-refractivity contribution in [3.8, 4) is 0 Å². The van der Waals surface area contributed by atoms with E-state index in [4.69, 9.17) is 4.74 Å². The van der Waals surface area contributed by atoms with E-state index in [1.165, 1.54) is 12.2 Å². The van der Waals surface area contributed by atoms with Gasteiger partial charge in [-0.3, -0.25) is 9.59 Å². The first kappa shape index (κ1) is 41.9. The van der Waals surface area contributed by atoms with E-state index in [2.05, 4.69) is 34.8 Å². The van der Waals surface area contributed by atoms with Crippen molar-refractivity contribution in [3.63, 3.8) is 0 Å². The quantitative estimate of drug-likeness (QED) is 0.109. The van der Waals surface area contributed by atoms with E-state index in [0.29, 0.717) is 0 Å². The Kier molecular flexibility index (Phi) is 20.4. The first-order chi connectivity index (χ1) is 17.6. The minimum absolute atomic E-state index is 0. The maximum atomic E-state index is 12.4. The molecule has 0 spiro atoms. The number of quaternary nitrogens is 1. The minimum Gasteiger partial charge on any atom is -1.00 e. The molecule has 0 aliphatic rings. The Hall–Kier alpha value is -2.56. The zero-order valence-corrected chi connectivity index (χ0v) is 23.3. The topological polar surface area (TPSA) is 165 Å². The van der Waals surface area contributed by atoms with Gasteiger partial charge in [0.1, 0.15) is 11.6 Å². The van der Waals surface area contributed by atoms with Crippen molar-refractivity contribution < 1.29 is 73.8 Å². The number of alkyl halides is 6. The maximum Gasteiger partial charge on any atom is 0.407 e. The fraction of sp³-hybridized carbons (Fsp3) is 0.696. The molecular weight excluding hydrogens is 578 g/mol. The van der Waals surface area contributed by atoms with Crippen LogP contribution in [0, 0.1) is 0 Å². The van der Waals surface area contributed by atoms with Crippen LogP contribution in [0.1, 0.15) is 46.5 Å². The summed E-state index contributed by atoms with van der Waals surface area (Å²) in [7, 11) is 0. The number of hydrogen-bond acceptors (Lipinski definition) is 6. The smallest absolute Gasteiger partial charge is 0.407 e. The molecule has 0 rings (SSSR count). The molecular formula is C23H39ClF6N4O6. The molecule has 236 valence electrons. The second-order valence-electron chi connectivity index (χ2n) is 9.28. The van der Waals surface area contributed by atoms with Gasteiger partial charge in [0, 0.05) is 32.4 Å². The van der Waals surface area contributed by atoms with Crippen molar-refractivity contribution in [1.82, 2.24) is 16.0 Å². The summed E-state index contributed by atoms with van der Waals surface area (Å²) in [6.45, 7) is 11.6. The normalized spacial score (nSPS) is 14.5.